The maximum atomic E-state index is 12.8. The Morgan fingerprint density at radius 2 is 1.93 bits per heavy atom. The summed E-state index contributed by atoms with van der Waals surface area (Å²) >= 11 is 0. The highest BCUT2D eigenvalue weighted by Crippen LogP contribution is 2.41. The summed E-state index contributed by atoms with van der Waals surface area (Å²) in [6.07, 6.45) is 1.79. The van der Waals surface area contributed by atoms with Crippen molar-refractivity contribution in [3.05, 3.63) is 51.9 Å². The van der Waals surface area contributed by atoms with Crippen molar-refractivity contribution in [2.24, 2.45) is 18.4 Å². The predicted molar refractivity (Wildman–Crippen MR) is 112 cm³/mol. The summed E-state index contributed by atoms with van der Waals surface area (Å²) < 4.78 is 3.44. The van der Waals surface area contributed by atoms with Crippen molar-refractivity contribution >= 4 is 11.2 Å². The van der Waals surface area contributed by atoms with E-state index in [0.717, 1.165) is 40.7 Å². The molecule has 0 spiro atoms. The number of aliphatic hydroxyl groups is 1. The molecule has 0 bridgehead atoms. The van der Waals surface area contributed by atoms with E-state index in [1.165, 1.54) is 0 Å². The van der Waals surface area contributed by atoms with Crippen LogP contribution in [0.2, 0.25) is 0 Å². The first-order chi connectivity index (χ1) is 13.2. The van der Waals surface area contributed by atoms with Crippen LogP contribution in [0.25, 0.3) is 22.4 Å². The summed E-state index contributed by atoms with van der Waals surface area (Å²) in [4.78, 5) is 17.6. The molecule has 5 nitrogen and oxygen atoms in total. The van der Waals surface area contributed by atoms with E-state index in [9.17, 15) is 9.90 Å². The van der Waals surface area contributed by atoms with Gasteiger partial charge in [0.05, 0.1) is 17.3 Å². The van der Waals surface area contributed by atoms with E-state index in [1.54, 1.807) is 11.6 Å². The molecule has 5 heteroatoms. The molecule has 1 aliphatic rings. The molecule has 0 saturated heterocycles. The molecule has 0 aliphatic heterocycles. The minimum Gasteiger partial charge on any atom is -0.388 e. The highest BCUT2D eigenvalue weighted by Gasteiger charge is 2.31. The van der Waals surface area contributed by atoms with Gasteiger partial charge in [-0.05, 0) is 60.4 Å². The van der Waals surface area contributed by atoms with Crippen molar-refractivity contribution in [1.29, 1.82) is 0 Å². The van der Waals surface area contributed by atoms with Crippen LogP contribution in [-0.4, -0.2) is 19.2 Å². The van der Waals surface area contributed by atoms with Crippen LogP contribution in [0, 0.1) is 18.3 Å². The Kier molecular flexibility index (Phi) is 4.46. The van der Waals surface area contributed by atoms with Gasteiger partial charge < -0.3 is 5.11 Å². The lowest BCUT2D eigenvalue weighted by atomic mass is 9.96. The Bertz CT molecular complexity index is 1100. The Hall–Kier alpha value is -2.40. The van der Waals surface area contributed by atoms with E-state index in [1.807, 2.05) is 28.8 Å². The first-order valence-corrected chi connectivity index (χ1v) is 10.0. The predicted octanol–water partition coefficient (Wildman–Crippen LogP) is 4.20. The lowest BCUT2D eigenvalue weighted by molar-refractivity contribution is 0.154. The minimum absolute atomic E-state index is 0.000645. The number of rotatable bonds is 4. The van der Waals surface area contributed by atoms with Crippen LogP contribution in [-0.2, 0) is 13.6 Å². The van der Waals surface area contributed by atoms with Gasteiger partial charge in [-0.2, -0.15) is 0 Å². The van der Waals surface area contributed by atoms with Crippen LogP contribution in [0.3, 0.4) is 0 Å². The summed E-state index contributed by atoms with van der Waals surface area (Å²) in [5.74, 6) is 0.387. The number of imidazole rings is 1. The molecule has 1 aliphatic carbocycles. The average molecular weight is 380 g/mol. The highest BCUT2D eigenvalue weighted by molar-refractivity contribution is 5.77. The summed E-state index contributed by atoms with van der Waals surface area (Å²) in [6.45, 7) is 9.07. The molecular formula is C23H29N3O2. The lowest BCUT2D eigenvalue weighted by Gasteiger charge is -2.18. The van der Waals surface area contributed by atoms with Crippen molar-refractivity contribution in [2.45, 2.75) is 53.2 Å². The number of aryl methyl sites for hydroxylation is 2. The third-order valence-corrected chi connectivity index (χ3v) is 5.56. The number of benzene rings is 1. The molecule has 4 rings (SSSR count). The normalized spacial score (nSPS) is 15.9. The number of hydrogen-bond donors (Lipinski definition) is 1. The van der Waals surface area contributed by atoms with Gasteiger partial charge in [-0.25, -0.2) is 9.78 Å². The minimum atomic E-state index is -0.402. The summed E-state index contributed by atoms with van der Waals surface area (Å²) in [7, 11) is 1.78. The molecule has 0 amide bonds. The molecule has 3 aromatic rings. The van der Waals surface area contributed by atoms with Crippen molar-refractivity contribution in [3.63, 3.8) is 0 Å². The van der Waals surface area contributed by atoms with E-state index < -0.39 is 6.10 Å². The van der Waals surface area contributed by atoms with Gasteiger partial charge in [0.15, 0.2) is 5.65 Å². The number of nitrogens with zero attached hydrogens (tertiary/aromatic N) is 3. The second-order valence-corrected chi connectivity index (χ2v) is 9.38. The second kappa shape index (κ2) is 6.59. The smallest absolute Gasteiger partial charge is 0.330 e. The molecule has 2 aromatic heterocycles. The maximum absolute atomic E-state index is 12.8. The standard InChI is InChI=1S/C23H29N3O2/c1-14-6-7-16(20(27)15-8-9-15)12-17(14)18-10-11-19-21(24-18)25(5)22(28)26(19)13-23(2,3)4/h6-7,10-12,15,20,27H,8-9,13H2,1-5H3. The van der Waals surface area contributed by atoms with Crippen LogP contribution in [0.1, 0.15) is 50.8 Å². The van der Waals surface area contributed by atoms with E-state index >= 15 is 0 Å². The van der Waals surface area contributed by atoms with E-state index in [-0.39, 0.29) is 11.1 Å². The summed E-state index contributed by atoms with van der Waals surface area (Å²) in [5, 5.41) is 10.5. The molecule has 28 heavy (non-hydrogen) atoms. The topological polar surface area (TPSA) is 60.1 Å². The molecule has 1 N–H and O–H groups in total. The van der Waals surface area contributed by atoms with Gasteiger partial charge in [0, 0.05) is 19.2 Å². The van der Waals surface area contributed by atoms with Gasteiger partial charge >= 0.3 is 5.69 Å². The largest absolute Gasteiger partial charge is 0.388 e. The zero-order valence-corrected chi connectivity index (χ0v) is 17.4. The van der Waals surface area contributed by atoms with E-state index in [2.05, 4.69) is 33.8 Å². The quantitative estimate of drug-likeness (QED) is 0.739. The Morgan fingerprint density at radius 3 is 2.57 bits per heavy atom. The molecule has 2 heterocycles. The Labute approximate surface area is 165 Å². The molecular weight excluding hydrogens is 350 g/mol. The SMILES string of the molecule is Cc1ccc(C(O)C2CC2)cc1-c1ccc2c(n1)n(C)c(=O)n2CC(C)(C)C. The highest BCUT2D eigenvalue weighted by atomic mass is 16.3. The zero-order chi connectivity index (χ0) is 20.2. The van der Waals surface area contributed by atoms with Crippen molar-refractivity contribution in [1.82, 2.24) is 14.1 Å². The van der Waals surface area contributed by atoms with Crippen LogP contribution in [0.5, 0.6) is 0 Å². The molecule has 0 radical (unpaired) electrons. The number of fused-ring (bicyclic) bond motifs is 1. The number of aromatic nitrogens is 3. The fraction of sp³-hybridized carbons (Fsp3) is 0.478. The summed E-state index contributed by atoms with van der Waals surface area (Å²) in [6, 6.07) is 10.1. The third-order valence-electron chi connectivity index (χ3n) is 5.56. The van der Waals surface area contributed by atoms with Crippen molar-refractivity contribution in [3.8, 4) is 11.3 Å². The molecule has 1 aromatic carbocycles. The number of aliphatic hydroxyl groups excluding tert-OH is 1. The second-order valence-electron chi connectivity index (χ2n) is 9.38. The van der Waals surface area contributed by atoms with Gasteiger partial charge in [0.1, 0.15) is 0 Å². The van der Waals surface area contributed by atoms with Crippen LogP contribution < -0.4 is 5.69 Å². The van der Waals surface area contributed by atoms with Crippen molar-refractivity contribution in [2.75, 3.05) is 0 Å². The first-order valence-electron chi connectivity index (χ1n) is 10.0. The summed E-state index contributed by atoms with van der Waals surface area (Å²) in [5.41, 5.74) is 5.41. The van der Waals surface area contributed by atoms with Crippen LogP contribution in [0.4, 0.5) is 0 Å². The molecule has 1 atom stereocenters. The van der Waals surface area contributed by atoms with Gasteiger partial charge in [0.2, 0.25) is 0 Å². The number of hydrogen-bond acceptors (Lipinski definition) is 3. The van der Waals surface area contributed by atoms with Gasteiger partial charge in [-0.15, -0.1) is 0 Å². The van der Waals surface area contributed by atoms with Crippen molar-refractivity contribution < 1.29 is 5.11 Å². The molecule has 148 valence electrons. The van der Waals surface area contributed by atoms with E-state index in [0.29, 0.717) is 18.1 Å². The first kappa shape index (κ1) is 18.9. The Balaban J connectivity index is 1.81. The monoisotopic (exact) mass is 379 g/mol. The lowest BCUT2D eigenvalue weighted by Crippen LogP contribution is -2.27. The van der Waals surface area contributed by atoms with Gasteiger partial charge in [0.25, 0.3) is 0 Å². The number of pyridine rings is 1. The zero-order valence-electron chi connectivity index (χ0n) is 17.4. The molecule has 1 saturated carbocycles. The average Bonchev–Trinajstić information content (AvgIpc) is 3.46. The van der Waals surface area contributed by atoms with Crippen LogP contribution in [0.15, 0.2) is 35.1 Å². The maximum Gasteiger partial charge on any atom is 0.330 e. The van der Waals surface area contributed by atoms with Gasteiger partial charge in [-0.1, -0.05) is 32.9 Å². The third kappa shape index (κ3) is 3.39. The fourth-order valence-corrected chi connectivity index (χ4v) is 3.83. The van der Waals surface area contributed by atoms with E-state index in [4.69, 9.17) is 4.98 Å². The molecule has 1 fully saturated rings. The van der Waals surface area contributed by atoms with Gasteiger partial charge in [-0.3, -0.25) is 9.13 Å². The fourth-order valence-electron chi connectivity index (χ4n) is 3.83. The van der Waals surface area contributed by atoms with Crippen LogP contribution >= 0.6 is 0 Å². The Morgan fingerprint density at radius 1 is 1.21 bits per heavy atom. The molecule has 1 unspecified atom stereocenters.